The first-order valence-corrected chi connectivity index (χ1v) is 9.59. The molecule has 2 aromatic heterocycles. The number of imidazole rings is 1. The zero-order valence-electron chi connectivity index (χ0n) is 15.9. The molecule has 3 aromatic rings. The molecule has 4 rings (SSSR count). The summed E-state index contributed by atoms with van der Waals surface area (Å²) in [6, 6.07) is 11.6. The van der Waals surface area contributed by atoms with Crippen LogP contribution in [0.3, 0.4) is 0 Å². The van der Waals surface area contributed by atoms with Gasteiger partial charge in [-0.25, -0.2) is 9.97 Å². The zero-order valence-corrected chi connectivity index (χ0v) is 15.9. The smallest absolute Gasteiger partial charge is 0.253 e. The summed E-state index contributed by atoms with van der Waals surface area (Å²) in [5.74, 6) is 0.998. The summed E-state index contributed by atoms with van der Waals surface area (Å²) in [5, 5.41) is 0. The largest absolute Gasteiger partial charge is 0.336 e. The Kier molecular flexibility index (Phi) is 4.90. The van der Waals surface area contributed by atoms with Gasteiger partial charge in [-0.3, -0.25) is 14.3 Å². The summed E-state index contributed by atoms with van der Waals surface area (Å²) < 4.78 is 2.02. The molecule has 0 N–H and O–H groups in total. The summed E-state index contributed by atoms with van der Waals surface area (Å²) >= 11 is 0. The van der Waals surface area contributed by atoms with Crippen LogP contribution in [0.4, 0.5) is 0 Å². The van der Waals surface area contributed by atoms with E-state index >= 15 is 0 Å². The normalized spacial score (nSPS) is 15.4. The van der Waals surface area contributed by atoms with E-state index in [-0.39, 0.29) is 5.91 Å². The van der Waals surface area contributed by atoms with Gasteiger partial charge in [0.2, 0.25) is 0 Å². The van der Waals surface area contributed by atoms with E-state index in [0.717, 1.165) is 67.4 Å². The molecule has 1 aliphatic heterocycles. The van der Waals surface area contributed by atoms with Gasteiger partial charge in [-0.1, -0.05) is 6.92 Å². The van der Waals surface area contributed by atoms with Crippen LogP contribution in [0.2, 0.25) is 0 Å². The number of piperazine rings is 1. The minimum Gasteiger partial charge on any atom is -0.336 e. The molecule has 27 heavy (non-hydrogen) atoms. The number of hydrogen-bond donors (Lipinski definition) is 0. The predicted molar refractivity (Wildman–Crippen MR) is 106 cm³/mol. The Morgan fingerprint density at radius 3 is 2.52 bits per heavy atom. The van der Waals surface area contributed by atoms with Gasteiger partial charge in [0.15, 0.2) is 5.65 Å². The van der Waals surface area contributed by atoms with Gasteiger partial charge in [0, 0.05) is 43.6 Å². The third kappa shape index (κ3) is 3.45. The first-order chi connectivity index (χ1) is 13.2. The number of carbonyl (C=O) groups is 1. The van der Waals surface area contributed by atoms with Crippen molar-refractivity contribution in [3.8, 4) is 5.69 Å². The average molecular weight is 363 g/mol. The van der Waals surface area contributed by atoms with E-state index in [1.54, 1.807) is 6.20 Å². The monoisotopic (exact) mass is 363 g/mol. The van der Waals surface area contributed by atoms with E-state index in [0.29, 0.717) is 0 Å². The molecule has 0 unspecified atom stereocenters. The van der Waals surface area contributed by atoms with E-state index < -0.39 is 0 Å². The fourth-order valence-corrected chi connectivity index (χ4v) is 3.76. The molecule has 1 aromatic carbocycles. The van der Waals surface area contributed by atoms with Crippen LogP contribution < -0.4 is 0 Å². The first-order valence-electron chi connectivity index (χ1n) is 9.59. The Labute approximate surface area is 159 Å². The molecular weight excluding hydrogens is 338 g/mol. The number of benzene rings is 1. The summed E-state index contributed by atoms with van der Waals surface area (Å²) in [6.07, 6.45) is 2.93. The van der Waals surface area contributed by atoms with Gasteiger partial charge < -0.3 is 4.90 Å². The summed E-state index contributed by atoms with van der Waals surface area (Å²) in [7, 11) is 0. The quantitative estimate of drug-likeness (QED) is 0.715. The molecule has 1 fully saturated rings. The van der Waals surface area contributed by atoms with Crippen LogP contribution in [0.15, 0.2) is 42.6 Å². The van der Waals surface area contributed by atoms with Crippen molar-refractivity contribution < 1.29 is 4.79 Å². The SMILES string of the molecule is CCCN1CCN(C(=O)c2ccc(-n3c(C)nc4cccnc43)cc2)CC1. The molecule has 3 heterocycles. The Balaban J connectivity index is 1.52. The van der Waals surface area contributed by atoms with Crippen molar-refractivity contribution in [3.63, 3.8) is 0 Å². The van der Waals surface area contributed by atoms with Crippen molar-refractivity contribution >= 4 is 17.1 Å². The Hall–Kier alpha value is -2.73. The number of nitrogens with zero attached hydrogens (tertiary/aromatic N) is 5. The third-order valence-corrected chi connectivity index (χ3v) is 5.16. The van der Waals surface area contributed by atoms with Gasteiger partial charge in [0.05, 0.1) is 0 Å². The fourth-order valence-electron chi connectivity index (χ4n) is 3.76. The van der Waals surface area contributed by atoms with Crippen LogP contribution in [0, 0.1) is 6.92 Å². The lowest BCUT2D eigenvalue weighted by Gasteiger charge is -2.34. The number of amides is 1. The van der Waals surface area contributed by atoms with Crippen molar-refractivity contribution in [3.05, 3.63) is 54.0 Å². The maximum atomic E-state index is 12.8. The van der Waals surface area contributed by atoms with E-state index in [1.165, 1.54) is 0 Å². The Morgan fingerprint density at radius 1 is 1.07 bits per heavy atom. The lowest BCUT2D eigenvalue weighted by atomic mass is 10.1. The lowest BCUT2D eigenvalue weighted by Crippen LogP contribution is -2.48. The second-order valence-electron chi connectivity index (χ2n) is 7.02. The first kappa shape index (κ1) is 17.7. The van der Waals surface area contributed by atoms with Gasteiger partial charge in [0.25, 0.3) is 5.91 Å². The second-order valence-corrected chi connectivity index (χ2v) is 7.02. The molecule has 0 atom stereocenters. The second kappa shape index (κ2) is 7.48. The van der Waals surface area contributed by atoms with Crippen molar-refractivity contribution in [2.75, 3.05) is 32.7 Å². The Morgan fingerprint density at radius 2 is 1.81 bits per heavy atom. The number of fused-ring (bicyclic) bond motifs is 1. The van der Waals surface area contributed by atoms with Crippen molar-refractivity contribution in [1.29, 1.82) is 0 Å². The zero-order chi connectivity index (χ0) is 18.8. The summed E-state index contributed by atoms with van der Waals surface area (Å²) in [6.45, 7) is 8.80. The molecule has 0 aliphatic carbocycles. The van der Waals surface area contributed by atoms with E-state index in [9.17, 15) is 4.79 Å². The number of aromatic nitrogens is 3. The van der Waals surface area contributed by atoms with Crippen LogP contribution in [0.5, 0.6) is 0 Å². The Bertz CT molecular complexity index is 939. The van der Waals surface area contributed by atoms with Crippen LogP contribution >= 0.6 is 0 Å². The van der Waals surface area contributed by atoms with E-state index in [2.05, 4.69) is 21.8 Å². The molecule has 0 spiro atoms. The highest BCUT2D eigenvalue weighted by atomic mass is 16.2. The van der Waals surface area contributed by atoms with Crippen molar-refractivity contribution in [2.45, 2.75) is 20.3 Å². The molecule has 6 nitrogen and oxygen atoms in total. The molecule has 140 valence electrons. The standard InChI is InChI=1S/C21H25N5O/c1-3-11-24-12-14-25(15-13-24)21(27)17-6-8-18(9-7-17)26-16(2)23-19-5-4-10-22-20(19)26/h4-10H,3,11-15H2,1-2H3. The van der Waals surface area contributed by atoms with Crippen LogP contribution in [0.1, 0.15) is 29.5 Å². The van der Waals surface area contributed by atoms with E-state index in [4.69, 9.17) is 0 Å². The fraction of sp³-hybridized carbons (Fsp3) is 0.381. The van der Waals surface area contributed by atoms with Crippen molar-refractivity contribution in [2.24, 2.45) is 0 Å². The third-order valence-electron chi connectivity index (χ3n) is 5.16. The number of pyridine rings is 1. The summed E-state index contributed by atoms with van der Waals surface area (Å²) in [4.78, 5) is 26.2. The minimum atomic E-state index is 0.114. The van der Waals surface area contributed by atoms with Crippen LogP contribution in [-0.4, -0.2) is 63.0 Å². The summed E-state index contributed by atoms with van der Waals surface area (Å²) in [5.41, 5.74) is 3.41. The van der Waals surface area contributed by atoms with Gasteiger partial charge in [0.1, 0.15) is 11.3 Å². The molecule has 0 bridgehead atoms. The van der Waals surface area contributed by atoms with Crippen molar-refractivity contribution in [1.82, 2.24) is 24.3 Å². The van der Waals surface area contributed by atoms with Gasteiger partial charge in [-0.2, -0.15) is 0 Å². The van der Waals surface area contributed by atoms with E-state index in [1.807, 2.05) is 52.8 Å². The highest BCUT2D eigenvalue weighted by molar-refractivity contribution is 5.94. The predicted octanol–water partition coefficient (Wildman–Crippen LogP) is 2.90. The van der Waals surface area contributed by atoms with Gasteiger partial charge >= 0.3 is 0 Å². The molecule has 1 saturated heterocycles. The lowest BCUT2D eigenvalue weighted by molar-refractivity contribution is 0.0637. The topological polar surface area (TPSA) is 54.3 Å². The molecule has 0 saturated carbocycles. The molecule has 0 radical (unpaired) electrons. The van der Waals surface area contributed by atoms with Crippen LogP contribution in [0.25, 0.3) is 16.9 Å². The molecule has 1 aliphatic rings. The van der Waals surface area contributed by atoms with Gasteiger partial charge in [-0.05, 0) is 56.3 Å². The highest BCUT2D eigenvalue weighted by Gasteiger charge is 2.21. The number of aryl methyl sites for hydroxylation is 1. The molecular formula is C21H25N5O. The number of hydrogen-bond acceptors (Lipinski definition) is 4. The van der Waals surface area contributed by atoms with Crippen LogP contribution in [-0.2, 0) is 0 Å². The maximum Gasteiger partial charge on any atom is 0.253 e. The number of carbonyl (C=O) groups excluding carboxylic acids is 1. The maximum absolute atomic E-state index is 12.8. The molecule has 1 amide bonds. The average Bonchev–Trinajstić information content (AvgIpc) is 3.04. The van der Waals surface area contributed by atoms with Gasteiger partial charge in [-0.15, -0.1) is 0 Å². The molecule has 6 heteroatoms. The minimum absolute atomic E-state index is 0.114. The highest BCUT2D eigenvalue weighted by Crippen LogP contribution is 2.20. The number of rotatable bonds is 4.